The summed E-state index contributed by atoms with van der Waals surface area (Å²) in [5, 5.41) is 0. The SMILES string of the molecule is COc1cccc(-c2ccc(-c3ccc4c(c3)CCC(N(C)C)C4(C)OC)cc2)c1.Cl. The molecule has 0 spiro atoms. The van der Waals surface area contributed by atoms with Crippen molar-refractivity contribution in [2.24, 2.45) is 0 Å². The Balaban J connectivity index is 0.00000272. The molecule has 4 heteroatoms. The Bertz CT molecular complexity index is 1030. The molecule has 2 unspecified atom stereocenters. The van der Waals surface area contributed by atoms with E-state index in [4.69, 9.17) is 9.47 Å². The van der Waals surface area contributed by atoms with Gasteiger partial charge in [-0.2, -0.15) is 0 Å². The molecule has 0 saturated heterocycles. The lowest BCUT2D eigenvalue weighted by molar-refractivity contribution is -0.0686. The van der Waals surface area contributed by atoms with Gasteiger partial charge in [-0.1, -0.05) is 54.6 Å². The maximum atomic E-state index is 6.06. The fraction of sp³-hybridized carbons (Fsp3) is 0.333. The number of aryl methyl sites for hydroxylation is 1. The van der Waals surface area contributed by atoms with Gasteiger partial charge in [0, 0.05) is 13.2 Å². The Labute approximate surface area is 192 Å². The number of hydrogen-bond donors (Lipinski definition) is 0. The highest BCUT2D eigenvalue weighted by molar-refractivity contribution is 5.85. The third kappa shape index (κ3) is 4.36. The Morgan fingerprint density at radius 2 is 1.45 bits per heavy atom. The van der Waals surface area contributed by atoms with Crippen molar-refractivity contribution in [3.63, 3.8) is 0 Å². The minimum absolute atomic E-state index is 0. The quantitative estimate of drug-likeness (QED) is 0.475. The standard InChI is InChI=1S/C27H31NO2.ClH/c1-27(30-5)25-15-13-22(17-23(25)14-16-26(27)28(2)3)20-11-9-19(10-12-20)21-7-6-8-24(18-21)29-4;/h6-13,15,17-18,26H,14,16H2,1-5H3;1H. The molecule has 164 valence electrons. The molecule has 0 aromatic heterocycles. The molecule has 3 aromatic carbocycles. The van der Waals surface area contributed by atoms with E-state index in [1.54, 1.807) is 7.11 Å². The average Bonchev–Trinajstić information content (AvgIpc) is 2.79. The molecule has 0 heterocycles. The summed E-state index contributed by atoms with van der Waals surface area (Å²) in [5.74, 6) is 0.878. The minimum atomic E-state index is -0.286. The number of methoxy groups -OCH3 is 2. The Morgan fingerprint density at radius 3 is 2.03 bits per heavy atom. The molecule has 1 aliphatic carbocycles. The van der Waals surface area contributed by atoms with Crippen LogP contribution in [0.15, 0.2) is 66.7 Å². The number of hydrogen-bond acceptors (Lipinski definition) is 3. The van der Waals surface area contributed by atoms with Crippen LogP contribution in [-0.4, -0.2) is 39.3 Å². The van der Waals surface area contributed by atoms with E-state index in [1.165, 1.54) is 27.8 Å². The predicted octanol–water partition coefficient (Wildman–Crippen LogP) is 6.19. The van der Waals surface area contributed by atoms with Gasteiger partial charge in [-0.3, -0.25) is 0 Å². The van der Waals surface area contributed by atoms with Crippen molar-refractivity contribution >= 4 is 12.4 Å². The Morgan fingerprint density at radius 1 is 0.839 bits per heavy atom. The van der Waals surface area contributed by atoms with Crippen LogP contribution in [0.25, 0.3) is 22.3 Å². The van der Waals surface area contributed by atoms with Crippen molar-refractivity contribution in [1.82, 2.24) is 4.90 Å². The summed E-state index contributed by atoms with van der Waals surface area (Å²) in [6, 6.07) is 24.2. The molecule has 2 atom stereocenters. The maximum Gasteiger partial charge on any atom is 0.119 e. The summed E-state index contributed by atoms with van der Waals surface area (Å²) < 4.78 is 11.4. The molecule has 0 fully saturated rings. The second kappa shape index (κ2) is 9.44. The highest BCUT2D eigenvalue weighted by atomic mass is 35.5. The summed E-state index contributed by atoms with van der Waals surface area (Å²) in [5.41, 5.74) is 7.27. The first kappa shape index (κ1) is 23.3. The highest BCUT2D eigenvalue weighted by Crippen LogP contribution is 2.41. The molecule has 3 nitrogen and oxygen atoms in total. The van der Waals surface area contributed by atoms with Gasteiger partial charge in [-0.15, -0.1) is 12.4 Å². The topological polar surface area (TPSA) is 21.7 Å². The van der Waals surface area contributed by atoms with E-state index in [0.29, 0.717) is 6.04 Å². The van der Waals surface area contributed by atoms with E-state index >= 15 is 0 Å². The number of ether oxygens (including phenoxy) is 2. The van der Waals surface area contributed by atoms with E-state index < -0.39 is 0 Å². The largest absolute Gasteiger partial charge is 0.497 e. The van der Waals surface area contributed by atoms with Crippen LogP contribution >= 0.6 is 12.4 Å². The zero-order valence-electron chi connectivity index (χ0n) is 19.0. The summed E-state index contributed by atoms with van der Waals surface area (Å²) in [4.78, 5) is 2.29. The number of rotatable bonds is 5. The summed E-state index contributed by atoms with van der Waals surface area (Å²) in [7, 11) is 7.82. The summed E-state index contributed by atoms with van der Waals surface area (Å²) in [6.45, 7) is 2.22. The van der Waals surface area contributed by atoms with Crippen LogP contribution in [0.5, 0.6) is 5.75 Å². The molecule has 0 amide bonds. The van der Waals surface area contributed by atoms with Gasteiger partial charge in [0.05, 0.1) is 7.11 Å². The number of benzene rings is 3. The van der Waals surface area contributed by atoms with Gasteiger partial charge in [-0.05, 0) is 79.4 Å². The van der Waals surface area contributed by atoms with Crippen molar-refractivity contribution in [1.29, 1.82) is 0 Å². The molecule has 4 rings (SSSR count). The predicted molar refractivity (Wildman–Crippen MR) is 131 cm³/mol. The average molecular weight is 438 g/mol. The molecule has 0 saturated carbocycles. The normalized spacial score (nSPS) is 20.1. The third-order valence-electron chi connectivity index (χ3n) is 6.63. The minimum Gasteiger partial charge on any atom is -0.497 e. The Kier molecular flexibility index (Phi) is 7.10. The molecular formula is C27H32ClNO2. The molecule has 0 radical (unpaired) electrons. The van der Waals surface area contributed by atoms with Crippen LogP contribution in [-0.2, 0) is 16.8 Å². The van der Waals surface area contributed by atoms with Crippen molar-refractivity contribution in [2.45, 2.75) is 31.4 Å². The first-order chi connectivity index (χ1) is 14.5. The van der Waals surface area contributed by atoms with Gasteiger partial charge in [0.15, 0.2) is 0 Å². The molecule has 0 N–H and O–H groups in total. The second-order valence-electron chi connectivity index (χ2n) is 8.51. The lowest BCUT2D eigenvalue weighted by Crippen LogP contribution is -2.50. The smallest absolute Gasteiger partial charge is 0.119 e. The number of likely N-dealkylation sites (N-methyl/N-ethyl adjacent to an activating group) is 1. The van der Waals surface area contributed by atoms with Crippen molar-refractivity contribution in [3.8, 4) is 28.0 Å². The van der Waals surface area contributed by atoms with Gasteiger partial charge in [0.1, 0.15) is 11.4 Å². The van der Waals surface area contributed by atoms with Crippen LogP contribution < -0.4 is 4.74 Å². The van der Waals surface area contributed by atoms with Gasteiger partial charge in [0.25, 0.3) is 0 Å². The van der Waals surface area contributed by atoms with Crippen LogP contribution in [0.1, 0.15) is 24.5 Å². The fourth-order valence-corrected chi connectivity index (χ4v) is 4.87. The van der Waals surface area contributed by atoms with E-state index in [-0.39, 0.29) is 18.0 Å². The van der Waals surface area contributed by atoms with Crippen molar-refractivity contribution in [2.75, 3.05) is 28.3 Å². The van der Waals surface area contributed by atoms with Crippen LogP contribution in [0.4, 0.5) is 0 Å². The van der Waals surface area contributed by atoms with E-state index in [1.807, 2.05) is 19.2 Å². The highest BCUT2D eigenvalue weighted by Gasteiger charge is 2.41. The van der Waals surface area contributed by atoms with E-state index in [0.717, 1.165) is 24.2 Å². The monoisotopic (exact) mass is 437 g/mol. The van der Waals surface area contributed by atoms with Gasteiger partial charge >= 0.3 is 0 Å². The first-order valence-corrected chi connectivity index (χ1v) is 10.6. The summed E-state index contributed by atoms with van der Waals surface area (Å²) in [6.07, 6.45) is 2.18. The zero-order chi connectivity index (χ0) is 21.3. The molecule has 0 aliphatic heterocycles. The van der Waals surface area contributed by atoms with Gasteiger partial charge in [-0.25, -0.2) is 0 Å². The number of nitrogens with zero attached hydrogens (tertiary/aromatic N) is 1. The second-order valence-corrected chi connectivity index (χ2v) is 8.51. The Hall–Kier alpha value is -2.33. The van der Waals surface area contributed by atoms with Crippen LogP contribution in [0.3, 0.4) is 0 Å². The van der Waals surface area contributed by atoms with Crippen LogP contribution in [0, 0.1) is 0 Å². The summed E-state index contributed by atoms with van der Waals surface area (Å²) >= 11 is 0. The zero-order valence-corrected chi connectivity index (χ0v) is 19.8. The lowest BCUT2D eigenvalue weighted by atomic mass is 9.75. The fourth-order valence-electron chi connectivity index (χ4n) is 4.87. The lowest BCUT2D eigenvalue weighted by Gasteiger charge is -2.45. The molecular weight excluding hydrogens is 406 g/mol. The molecule has 31 heavy (non-hydrogen) atoms. The van der Waals surface area contributed by atoms with Crippen LogP contribution in [0.2, 0.25) is 0 Å². The van der Waals surface area contributed by atoms with E-state index in [2.05, 4.69) is 80.5 Å². The van der Waals surface area contributed by atoms with Gasteiger partial charge < -0.3 is 14.4 Å². The third-order valence-corrected chi connectivity index (χ3v) is 6.63. The molecule has 3 aromatic rings. The maximum absolute atomic E-state index is 6.06. The van der Waals surface area contributed by atoms with Crippen molar-refractivity contribution in [3.05, 3.63) is 77.9 Å². The molecule has 1 aliphatic rings. The van der Waals surface area contributed by atoms with E-state index in [9.17, 15) is 0 Å². The number of halogens is 1. The molecule has 0 bridgehead atoms. The van der Waals surface area contributed by atoms with Crippen molar-refractivity contribution < 1.29 is 9.47 Å². The van der Waals surface area contributed by atoms with Gasteiger partial charge in [0.2, 0.25) is 0 Å². The first-order valence-electron chi connectivity index (χ1n) is 10.6. The number of fused-ring (bicyclic) bond motifs is 1.